The molecule has 1 rings (SSSR count). The summed E-state index contributed by atoms with van der Waals surface area (Å²) in [5.41, 5.74) is 0.307. The van der Waals surface area contributed by atoms with Crippen LogP contribution in [0.4, 0.5) is 5.69 Å². The highest BCUT2D eigenvalue weighted by Crippen LogP contribution is 2.22. The van der Waals surface area contributed by atoms with Crippen molar-refractivity contribution in [3.63, 3.8) is 0 Å². The third-order valence-corrected chi connectivity index (χ3v) is 4.59. The first-order valence-corrected chi connectivity index (χ1v) is 8.48. The summed E-state index contributed by atoms with van der Waals surface area (Å²) >= 11 is 0. The molecule has 0 fully saturated rings. The smallest absolute Gasteiger partial charge is 0.326 e. The van der Waals surface area contributed by atoms with Gasteiger partial charge in [0.05, 0.1) is 5.69 Å². The minimum atomic E-state index is -3.64. The summed E-state index contributed by atoms with van der Waals surface area (Å²) in [6.07, 6.45) is 2.08. The lowest BCUT2D eigenvalue weighted by atomic mass is 10.1. The Labute approximate surface area is 125 Å². The van der Waals surface area contributed by atoms with Crippen LogP contribution in [0.15, 0.2) is 29.2 Å². The lowest BCUT2D eigenvalue weighted by Gasteiger charge is -2.18. The minimum Gasteiger partial charge on any atom is -0.480 e. The monoisotopic (exact) mass is 314 g/mol. The van der Waals surface area contributed by atoms with Gasteiger partial charge in [0.1, 0.15) is 10.9 Å². The van der Waals surface area contributed by atoms with Crippen LogP contribution in [-0.2, 0) is 14.8 Å². The van der Waals surface area contributed by atoms with Gasteiger partial charge in [0.15, 0.2) is 0 Å². The van der Waals surface area contributed by atoms with Gasteiger partial charge in [-0.1, -0.05) is 38.8 Å². The van der Waals surface area contributed by atoms with Crippen LogP contribution >= 0.6 is 0 Å². The van der Waals surface area contributed by atoms with E-state index in [0.29, 0.717) is 12.1 Å². The Morgan fingerprint density at radius 3 is 2.52 bits per heavy atom. The Morgan fingerprint density at radius 1 is 1.29 bits per heavy atom. The molecular formula is C14H22N2O4S. The Balaban J connectivity index is 3.05. The number of anilines is 1. The summed E-state index contributed by atoms with van der Waals surface area (Å²) in [7, 11) is -3.64. The third kappa shape index (κ3) is 5.02. The Kier molecular flexibility index (Phi) is 6.64. The summed E-state index contributed by atoms with van der Waals surface area (Å²) < 4.78 is 26.6. The maximum atomic E-state index is 12.1. The van der Waals surface area contributed by atoms with Gasteiger partial charge in [-0.05, 0) is 18.6 Å². The fourth-order valence-electron chi connectivity index (χ4n) is 1.94. The van der Waals surface area contributed by atoms with Crippen molar-refractivity contribution >= 4 is 21.7 Å². The molecule has 21 heavy (non-hydrogen) atoms. The molecule has 0 heterocycles. The SMILES string of the molecule is CCCCC(Nc1ccccc1S(=O)(=O)NCC)C(=O)O. The highest BCUT2D eigenvalue weighted by atomic mass is 32.2. The number of carboxylic acid groups (broad SMARTS) is 1. The largest absolute Gasteiger partial charge is 0.480 e. The molecule has 0 aromatic heterocycles. The quantitative estimate of drug-likeness (QED) is 0.648. The third-order valence-electron chi connectivity index (χ3n) is 2.99. The van der Waals surface area contributed by atoms with Gasteiger partial charge in [-0.2, -0.15) is 0 Å². The number of aliphatic carboxylic acids is 1. The van der Waals surface area contributed by atoms with E-state index in [2.05, 4.69) is 10.0 Å². The van der Waals surface area contributed by atoms with Crippen LogP contribution in [-0.4, -0.2) is 32.1 Å². The second-order valence-corrected chi connectivity index (χ2v) is 6.41. The van der Waals surface area contributed by atoms with Gasteiger partial charge in [-0.25, -0.2) is 17.9 Å². The van der Waals surface area contributed by atoms with Gasteiger partial charge in [0.25, 0.3) is 0 Å². The standard InChI is InChI=1S/C14H22N2O4S/c1-3-5-8-12(14(17)18)16-11-9-6-7-10-13(11)21(19,20)15-4-2/h6-7,9-10,12,15-16H,3-5,8H2,1-2H3,(H,17,18). The number of para-hydroxylation sites is 1. The van der Waals surface area contributed by atoms with Gasteiger partial charge in [0, 0.05) is 6.54 Å². The molecule has 118 valence electrons. The van der Waals surface area contributed by atoms with Crippen LogP contribution in [0.1, 0.15) is 33.1 Å². The number of carbonyl (C=O) groups is 1. The first kappa shape index (κ1) is 17.5. The van der Waals surface area contributed by atoms with E-state index in [1.165, 1.54) is 6.07 Å². The molecule has 7 heteroatoms. The van der Waals surface area contributed by atoms with E-state index in [9.17, 15) is 18.3 Å². The van der Waals surface area contributed by atoms with E-state index in [1.807, 2.05) is 6.92 Å². The molecule has 1 atom stereocenters. The van der Waals surface area contributed by atoms with Gasteiger partial charge < -0.3 is 10.4 Å². The maximum absolute atomic E-state index is 12.1. The van der Waals surface area contributed by atoms with Crippen LogP contribution < -0.4 is 10.0 Å². The van der Waals surface area contributed by atoms with Crippen molar-refractivity contribution < 1.29 is 18.3 Å². The van der Waals surface area contributed by atoms with Crippen LogP contribution in [0.5, 0.6) is 0 Å². The number of unbranched alkanes of at least 4 members (excludes halogenated alkanes) is 1. The molecule has 0 bridgehead atoms. The summed E-state index contributed by atoms with van der Waals surface area (Å²) in [5.74, 6) is -0.987. The molecule has 0 radical (unpaired) electrons. The van der Waals surface area contributed by atoms with Crippen molar-refractivity contribution in [2.75, 3.05) is 11.9 Å². The topological polar surface area (TPSA) is 95.5 Å². The lowest BCUT2D eigenvalue weighted by molar-refractivity contribution is -0.138. The van der Waals surface area contributed by atoms with Crippen molar-refractivity contribution in [3.8, 4) is 0 Å². The van der Waals surface area contributed by atoms with Crippen LogP contribution in [0.2, 0.25) is 0 Å². The van der Waals surface area contributed by atoms with E-state index in [-0.39, 0.29) is 11.4 Å². The first-order valence-electron chi connectivity index (χ1n) is 7.00. The average Bonchev–Trinajstić information content (AvgIpc) is 2.43. The molecule has 1 unspecified atom stereocenters. The van der Waals surface area contributed by atoms with Crippen LogP contribution in [0.3, 0.4) is 0 Å². The molecule has 6 nitrogen and oxygen atoms in total. The van der Waals surface area contributed by atoms with Crippen molar-refractivity contribution in [1.82, 2.24) is 4.72 Å². The number of carboxylic acids is 1. The number of rotatable bonds is 9. The molecule has 0 aliphatic rings. The number of sulfonamides is 1. The predicted octanol–water partition coefficient (Wildman–Crippen LogP) is 2.04. The molecule has 3 N–H and O–H groups in total. The molecule has 0 saturated carbocycles. The van der Waals surface area contributed by atoms with Gasteiger partial charge in [-0.3, -0.25) is 0 Å². The Morgan fingerprint density at radius 2 is 1.95 bits per heavy atom. The van der Waals surface area contributed by atoms with Crippen molar-refractivity contribution in [2.45, 2.75) is 44.0 Å². The molecule has 0 amide bonds. The maximum Gasteiger partial charge on any atom is 0.326 e. The molecular weight excluding hydrogens is 292 g/mol. The van der Waals surface area contributed by atoms with Crippen molar-refractivity contribution in [1.29, 1.82) is 0 Å². The zero-order valence-electron chi connectivity index (χ0n) is 12.3. The fourth-order valence-corrected chi connectivity index (χ4v) is 3.15. The summed E-state index contributed by atoms with van der Waals surface area (Å²) in [6, 6.07) is 5.51. The van der Waals surface area contributed by atoms with Crippen LogP contribution in [0.25, 0.3) is 0 Å². The molecule has 0 aliphatic heterocycles. The number of hydrogen-bond acceptors (Lipinski definition) is 4. The molecule has 0 aliphatic carbocycles. The minimum absolute atomic E-state index is 0.0644. The molecule has 0 saturated heterocycles. The van der Waals surface area contributed by atoms with E-state index in [1.54, 1.807) is 25.1 Å². The zero-order chi connectivity index (χ0) is 15.9. The van der Waals surface area contributed by atoms with Crippen LogP contribution in [0, 0.1) is 0 Å². The van der Waals surface area contributed by atoms with E-state index < -0.39 is 22.0 Å². The molecule has 1 aromatic carbocycles. The van der Waals surface area contributed by atoms with Gasteiger partial charge in [0.2, 0.25) is 10.0 Å². The van der Waals surface area contributed by atoms with Gasteiger partial charge >= 0.3 is 5.97 Å². The first-order chi connectivity index (χ1) is 9.92. The Hall–Kier alpha value is -1.60. The van der Waals surface area contributed by atoms with E-state index >= 15 is 0 Å². The Bertz CT molecular complexity index is 572. The number of benzene rings is 1. The lowest BCUT2D eigenvalue weighted by Crippen LogP contribution is -2.31. The molecule has 0 spiro atoms. The average molecular weight is 314 g/mol. The van der Waals surface area contributed by atoms with E-state index in [4.69, 9.17) is 0 Å². The zero-order valence-corrected chi connectivity index (χ0v) is 13.1. The normalized spacial score (nSPS) is 12.9. The van der Waals surface area contributed by atoms with E-state index in [0.717, 1.165) is 12.8 Å². The number of nitrogens with one attached hydrogen (secondary N) is 2. The second kappa shape index (κ2) is 7.99. The summed E-state index contributed by atoms with van der Waals surface area (Å²) in [4.78, 5) is 11.3. The highest BCUT2D eigenvalue weighted by Gasteiger charge is 2.22. The fraction of sp³-hybridized carbons (Fsp3) is 0.500. The number of hydrogen-bond donors (Lipinski definition) is 3. The van der Waals surface area contributed by atoms with Crippen molar-refractivity contribution in [3.05, 3.63) is 24.3 Å². The summed E-state index contributed by atoms with van der Waals surface area (Å²) in [5, 5.41) is 12.1. The highest BCUT2D eigenvalue weighted by molar-refractivity contribution is 7.89. The second-order valence-electron chi connectivity index (χ2n) is 4.67. The predicted molar refractivity (Wildman–Crippen MR) is 81.9 cm³/mol. The van der Waals surface area contributed by atoms with Crippen molar-refractivity contribution in [2.24, 2.45) is 0 Å². The molecule has 1 aromatic rings. The van der Waals surface area contributed by atoms with Gasteiger partial charge in [-0.15, -0.1) is 0 Å². The summed E-state index contributed by atoms with van der Waals surface area (Å²) in [6.45, 7) is 3.94.